The van der Waals surface area contributed by atoms with Gasteiger partial charge in [-0.2, -0.15) is 0 Å². The number of nitrogens with one attached hydrogen (secondary N) is 1. The van der Waals surface area contributed by atoms with Crippen molar-refractivity contribution in [3.8, 4) is 0 Å². The molecule has 0 radical (unpaired) electrons. The Morgan fingerprint density at radius 2 is 1.72 bits per heavy atom. The van der Waals surface area contributed by atoms with Crippen LogP contribution in [0.3, 0.4) is 0 Å². The van der Waals surface area contributed by atoms with Gasteiger partial charge in [0.15, 0.2) is 0 Å². The molecule has 0 aliphatic carbocycles. The highest BCUT2D eigenvalue weighted by Gasteiger charge is 2.09. The number of rotatable bonds is 2. The zero-order chi connectivity index (χ0) is 13.1. The first-order chi connectivity index (χ1) is 8.56. The predicted molar refractivity (Wildman–Crippen MR) is 68.5 cm³/mol. The summed E-state index contributed by atoms with van der Waals surface area (Å²) in [7, 11) is 0. The van der Waals surface area contributed by atoms with Gasteiger partial charge < -0.3 is 5.32 Å². The van der Waals surface area contributed by atoms with Crippen molar-refractivity contribution in [2.24, 2.45) is 0 Å². The average Bonchev–Trinajstić information content (AvgIpc) is 2.34. The first kappa shape index (κ1) is 12.7. The SMILES string of the molecule is O=C(Nc1cc(F)ccc1F)c1ccc(Br)cc1. The highest BCUT2D eigenvalue weighted by molar-refractivity contribution is 9.10. The van der Waals surface area contributed by atoms with E-state index in [1.165, 1.54) is 0 Å². The first-order valence-corrected chi connectivity index (χ1v) is 5.87. The third kappa shape index (κ3) is 2.92. The lowest BCUT2D eigenvalue weighted by molar-refractivity contribution is 0.102. The van der Waals surface area contributed by atoms with Gasteiger partial charge in [-0.05, 0) is 36.4 Å². The number of halogens is 3. The van der Waals surface area contributed by atoms with Crippen LogP contribution in [-0.4, -0.2) is 5.91 Å². The van der Waals surface area contributed by atoms with Gasteiger partial charge in [-0.25, -0.2) is 8.78 Å². The third-order valence-corrected chi connectivity index (χ3v) is 2.81. The van der Waals surface area contributed by atoms with Gasteiger partial charge >= 0.3 is 0 Å². The number of hydrogen-bond donors (Lipinski definition) is 1. The van der Waals surface area contributed by atoms with Gasteiger partial charge in [0.2, 0.25) is 0 Å². The molecule has 0 spiro atoms. The standard InChI is InChI=1S/C13H8BrF2NO/c14-9-3-1-8(2-4-9)13(18)17-12-7-10(15)5-6-11(12)16/h1-7H,(H,17,18). The monoisotopic (exact) mass is 311 g/mol. The van der Waals surface area contributed by atoms with Crippen molar-refractivity contribution >= 4 is 27.5 Å². The van der Waals surface area contributed by atoms with E-state index in [-0.39, 0.29) is 5.69 Å². The van der Waals surface area contributed by atoms with E-state index >= 15 is 0 Å². The van der Waals surface area contributed by atoms with Crippen molar-refractivity contribution in [1.29, 1.82) is 0 Å². The largest absolute Gasteiger partial charge is 0.319 e. The van der Waals surface area contributed by atoms with Gasteiger partial charge in [0.1, 0.15) is 11.6 Å². The lowest BCUT2D eigenvalue weighted by Crippen LogP contribution is -2.13. The molecule has 1 N–H and O–H groups in total. The fraction of sp³-hybridized carbons (Fsp3) is 0. The van der Waals surface area contributed by atoms with Crippen molar-refractivity contribution in [3.05, 3.63) is 64.1 Å². The summed E-state index contributed by atoms with van der Waals surface area (Å²) in [6.45, 7) is 0. The maximum Gasteiger partial charge on any atom is 0.255 e. The Kier molecular flexibility index (Phi) is 3.72. The van der Waals surface area contributed by atoms with Gasteiger partial charge in [-0.3, -0.25) is 4.79 Å². The summed E-state index contributed by atoms with van der Waals surface area (Å²) >= 11 is 3.24. The molecule has 0 aromatic heterocycles. The van der Waals surface area contributed by atoms with Crippen LogP contribution >= 0.6 is 15.9 Å². The van der Waals surface area contributed by atoms with E-state index in [0.717, 1.165) is 22.7 Å². The van der Waals surface area contributed by atoms with Crippen LogP contribution in [0.1, 0.15) is 10.4 Å². The summed E-state index contributed by atoms with van der Waals surface area (Å²) in [4.78, 5) is 11.8. The van der Waals surface area contributed by atoms with E-state index in [0.29, 0.717) is 5.56 Å². The molecule has 0 fully saturated rings. The van der Waals surface area contributed by atoms with Crippen molar-refractivity contribution in [2.75, 3.05) is 5.32 Å². The molecular formula is C13H8BrF2NO. The topological polar surface area (TPSA) is 29.1 Å². The van der Waals surface area contributed by atoms with E-state index in [1.54, 1.807) is 24.3 Å². The molecule has 2 aromatic rings. The second-order valence-corrected chi connectivity index (χ2v) is 4.50. The fourth-order valence-corrected chi connectivity index (χ4v) is 1.65. The quantitative estimate of drug-likeness (QED) is 0.893. The van der Waals surface area contributed by atoms with E-state index in [4.69, 9.17) is 0 Å². The molecule has 0 aliphatic rings. The fourth-order valence-electron chi connectivity index (χ4n) is 1.39. The number of hydrogen-bond acceptors (Lipinski definition) is 1. The molecule has 0 saturated carbocycles. The summed E-state index contributed by atoms with van der Waals surface area (Å²) < 4.78 is 27.1. The maximum absolute atomic E-state index is 13.3. The lowest BCUT2D eigenvalue weighted by atomic mass is 10.2. The molecule has 0 heterocycles. The Labute approximate surface area is 111 Å². The molecule has 0 bridgehead atoms. The summed E-state index contributed by atoms with van der Waals surface area (Å²) in [5.74, 6) is -1.78. The van der Waals surface area contributed by atoms with Crippen LogP contribution in [0.5, 0.6) is 0 Å². The van der Waals surface area contributed by atoms with Crippen LogP contribution in [0.2, 0.25) is 0 Å². The van der Waals surface area contributed by atoms with E-state index in [2.05, 4.69) is 21.2 Å². The second-order valence-electron chi connectivity index (χ2n) is 3.59. The van der Waals surface area contributed by atoms with E-state index < -0.39 is 17.5 Å². The van der Waals surface area contributed by atoms with Gasteiger partial charge in [-0.15, -0.1) is 0 Å². The Morgan fingerprint density at radius 1 is 1.06 bits per heavy atom. The number of carbonyl (C=O) groups is 1. The summed E-state index contributed by atoms with van der Waals surface area (Å²) in [5, 5.41) is 2.32. The molecule has 2 rings (SSSR count). The Hall–Kier alpha value is -1.75. The van der Waals surface area contributed by atoms with Crippen LogP contribution in [0.25, 0.3) is 0 Å². The molecule has 2 aromatic carbocycles. The smallest absolute Gasteiger partial charge is 0.255 e. The molecule has 1 amide bonds. The summed E-state index contributed by atoms with van der Waals surface area (Å²) in [5.41, 5.74) is 0.185. The van der Waals surface area contributed by atoms with Crippen LogP contribution in [0.15, 0.2) is 46.9 Å². The van der Waals surface area contributed by atoms with Gasteiger partial charge in [0, 0.05) is 16.1 Å². The van der Waals surface area contributed by atoms with Crippen molar-refractivity contribution in [1.82, 2.24) is 0 Å². The zero-order valence-corrected chi connectivity index (χ0v) is 10.7. The molecule has 0 atom stereocenters. The average molecular weight is 312 g/mol. The summed E-state index contributed by atoms with van der Waals surface area (Å²) in [6.07, 6.45) is 0. The Bertz CT molecular complexity index is 584. The minimum Gasteiger partial charge on any atom is -0.319 e. The summed E-state index contributed by atoms with van der Waals surface area (Å²) in [6, 6.07) is 9.43. The predicted octanol–water partition coefficient (Wildman–Crippen LogP) is 3.98. The molecule has 5 heteroatoms. The van der Waals surface area contributed by atoms with Gasteiger partial charge in [0.25, 0.3) is 5.91 Å². The van der Waals surface area contributed by atoms with Crippen LogP contribution in [0.4, 0.5) is 14.5 Å². The minimum absolute atomic E-state index is 0.178. The number of anilines is 1. The normalized spacial score (nSPS) is 10.2. The van der Waals surface area contributed by atoms with Gasteiger partial charge in [0.05, 0.1) is 5.69 Å². The molecule has 0 unspecified atom stereocenters. The molecule has 0 aliphatic heterocycles. The zero-order valence-electron chi connectivity index (χ0n) is 9.08. The molecular weight excluding hydrogens is 304 g/mol. The van der Waals surface area contributed by atoms with E-state index in [9.17, 15) is 13.6 Å². The van der Waals surface area contributed by atoms with Gasteiger partial charge in [-0.1, -0.05) is 15.9 Å². The van der Waals surface area contributed by atoms with Crippen molar-refractivity contribution in [2.45, 2.75) is 0 Å². The second kappa shape index (κ2) is 5.27. The van der Waals surface area contributed by atoms with Crippen LogP contribution in [-0.2, 0) is 0 Å². The van der Waals surface area contributed by atoms with Crippen molar-refractivity contribution < 1.29 is 13.6 Å². The molecule has 0 saturated heterocycles. The number of benzene rings is 2. The highest BCUT2D eigenvalue weighted by atomic mass is 79.9. The molecule has 92 valence electrons. The minimum atomic E-state index is -0.679. The van der Waals surface area contributed by atoms with Crippen LogP contribution in [0, 0.1) is 11.6 Å². The highest BCUT2D eigenvalue weighted by Crippen LogP contribution is 2.17. The van der Waals surface area contributed by atoms with E-state index in [1.807, 2.05) is 0 Å². The molecule has 18 heavy (non-hydrogen) atoms. The van der Waals surface area contributed by atoms with Crippen molar-refractivity contribution in [3.63, 3.8) is 0 Å². The van der Waals surface area contributed by atoms with Crippen LogP contribution < -0.4 is 5.32 Å². The maximum atomic E-state index is 13.3. The number of carbonyl (C=O) groups excluding carboxylic acids is 1. The first-order valence-electron chi connectivity index (χ1n) is 5.08. The Balaban J connectivity index is 2.21. The number of amides is 1. The lowest BCUT2D eigenvalue weighted by Gasteiger charge is -2.06. The third-order valence-electron chi connectivity index (χ3n) is 2.28. The Morgan fingerprint density at radius 3 is 2.39 bits per heavy atom. The molecule has 2 nitrogen and oxygen atoms in total.